The second-order valence-corrected chi connectivity index (χ2v) is 8.54. The lowest BCUT2D eigenvalue weighted by atomic mass is 10.1. The predicted molar refractivity (Wildman–Crippen MR) is 132 cm³/mol. The highest BCUT2D eigenvalue weighted by molar-refractivity contribution is 7.98. The van der Waals surface area contributed by atoms with Crippen LogP contribution in [-0.4, -0.2) is 27.0 Å². The number of rotatable bonds is 8. The van der Waals surface area contributed by atoms with Gasteiger partial charge in [-0.05, 0) is 54.1 Å². The molecule has 5 aromatic rings. The average molecular weight is 488 g/mol. The van der Waals surface area contributed by atoms with Gasteiger partial charge in [0.25, 0.3) is 0 Å². The number of para-hydroxylation sites is 1. The molecule has 2 aromatic heterocycles. The zero-order chi connectivity index (χ0) is 24.2. The summed E-state index contributed by atoms with van der Waals surface area (Å²) in [5.74, 6) is 2.57. The molecule has 2 heterocycles. The molecule has 0 fully saturated rings. The summed E-state index contributed by atoms with van der Waals surface area (Å²) < 4.78 is 18.3. The average Bonchev–Trinajstić information content (AvgIpc) is 3.29. The van der Waals surface area contributed by atoms with Crippen molar-refractivity contribution in [3.05, 3.63) is 101 Å². The van der Waals surface area contributed by atoms with Gasteiger partial charge in [-0.3, -0.25) is 4.57 Å². The highest BCUT2D eigenvalue weighted by Crippen LogP contribution is 2.29. The van der Waals surface area contributed by atoms with Crippen molar-refractivity contribution in [2.45, 2.75) is 17.5 Å². The van der Waals surface area contributed by atoms with Gasteiger partial charge in [0.1, 0.15) is 29.4 Å². The lowest BCUT2D eigenvalue weighted by molar-refractivity contribution is 0.292. The number of phenols is 1. The Morgan fingerprint density at radius 1 is 0.971 bits per heavy atom. The Labute approximate surface area is 204 Å². The van der Waals surface area contributed by atoms with E-state index in [1.807, 2.05) is 59.2 Å². The Hall–Kier alpha value is -4.24. The first-order valence-electron chi connectivity index (χ1n) is 10.8. The summed E-state index contributed by atoms with van der Waals surface area (Å²) >= 11 is 1.44. The summed E-state index contributed by atoms with van der Waals surface area (Å²) in [6.07, 6.45) is 0. The second kappa shape index (κ2) is 9.94. The van der Waals surface area contributed by atoms with Gasteiger partial charge in [-0.2, -0.15) is 0 Å². The summed E-state index contributed by atoms with van der Waals surface area (Å²) in [6.45, 7) is 0.214. The van der Waals surface area contributed by atoms with Crippen molar-refractivity contribution >= 4 is 22.7 Å². The van der Waals surface area contributed by atoms with Crippen LogP contribution in [0.3, 0.4) is 0 Å². The largest absolute Gasteiger partial charge is 0.508 e. The Morgan fingerprint density at radius 2 is 1.74 bits per heavy atom. The normalized spacial score (nSPS) is 11.0. The molecule has 0 unspecified atom stereocenters. The van der Waals surface area contributed by atoms with E-state index in [0.29, 0.717) is 28.1 Å². The number of hydrogen-bond donors (Lipinski definition) is 1. The van der Waals surface area contributed by atoms with Crippen molar-refractivity contribution in [3.8, 4) is 22.9 Å². The van der Waals surface area contributed by atoms with Gasteiger partial charge in [0.2, 0.25) is 0 Å². The van der Waals surface area contributed by atoms with E-state index in [2.05, 4.69) is 10.2 Å². The fourth-order valence-electron chi connectivity index (χ4n) is 3.62. The first kappa shape index (κ1) is 22.5. The SMILES string of the molecule is COc1ccc(OCc2nnc(SCc3cc(=O)oc4cc(O)ccc34)n2-c2ccccc2)cc1. The molecular formula is C26H21N3O5S. The zero-order valence-electron chi connectivity index (χ0n) is 18.7. The number of ether oxygens (including phenoxy) is 2. The third kappa shape index (κ3) is 4.99. The summed E-state index contributed by atoms with van der Waals surface area (Å²) in [5, 5.41) is 19.9. The molecule has 176 valence electrons. The summed E-state index contributed by atoms with van der Waals surface area (Å²) in [6, 6.07) is 23.3. The number of aromatic nitrogens is 3. The third-order valence-electron chi connectivity index (χ3n) is 5.31. The van der Waals surface area contributed by atoms with Crippen molar-refractivity contribution in [2.24, 2.45) is 0 Å². The minimum atomic E-state index is -0.475. The monoisotopic (exact) mass is 487 g/mol. The number of thioether (sulfide) groups is 1. The van der Waals surface area contributed by atoms with Crippen LogP contribution in [0.15, 0.2) is 93.2 Å². The van der Waals surface area contributed by atoms with Gasteiger partial charge in [0.05, 0.1) is 7.11 Å². The van der Waals surface area contributed by atoms with Gasteiger partial charge in [-0.1, -0.05) is 30.0 Å². The number of nitrogens with zero attached hydrogens (tertiary/aromatic N) is 3. The quantitative estimate of drug-likeness (QED) is 0.242. The maximum atomic E-state index is 12.1. The maximum Gasteiger partial charge on any atom is 0.336 e. The fourth-order valence-corrected chi connectivity index (χ4v) is 4.59. The number of fused-ring (bicyclic) bond motifs is 1. The Bertz CT molecular complexity index is 1510. The number of phenolic OH excluding ortho intramolecular Hbond substituents is 1. The number of hydrogen-bond acceptors (Lipinski definition) is 8. The molecule has 0 amide bonds. The lowest BCUT2D eigenvalue weighted by Gasteiger charge is -2.12. The summed E-state index contributed by atoms with van der Waals surface area (Å²) in [5.41, 5.74) is 1.54. The Kier molecular flexibility index (Phi) is 6.40. The molecule has 0 radical (unpaired) electrons. The van der Waals surface area contributed by atoms with Crippen molar-refractivity contribution in [1.29, 1.82) is 0 Å². The van der Waals surface area contributed by atoms with E-state index in [4.69, 9.17) is 13.9 Å². The van der Waals surface area contributed by atoms with Gasteiger partial charge in [0.15, 0.2) is 11.0 Å². The van der Waals surface area contributed by atoms with Gasteiger partial charge in [-0.15, -0.1) is 10.2 Å². The Balaban J connectivity index is 1.43. The maximum absolute atomic E-state index is 12.1. The molecule has 0 spiro atoms. The number of aromatic hydroxyl groups is 1. The van der Waals surface area contributed by atoms with E-state index in [9.17, 15) is 9.90 Å². The van der Waals surface area contributed by atoms with Crippen LogP contribution in [0.4, 0.5) is 0 Å². The molecule has 0 saturated carbocycles. The van der Waals surface area contributed by atoms with Gasteiger partial charge in [-0.25, -0.2) is 4.79 Å². The van der Waals surface area contributed by atoms with E-state index in [1.54, 1.807) is 19.2 Å². The molecule has 0 saturated heterocycles. The van der Waals surface area contributed by atoms with E-state index < -0.39 is 5.63 Å². The molecule has 1 N–H and O–H groups in total. The predicted octanol–water partition coefficient (Wildman–Crippen LogP) is 4.96. The molecular weight excluding hydrogens is 466 g/mol. The molecule has 0 aliphatic carbocycles. The first-order chi connectivity index (χ1) is 17.1. The van der Waals surface area contributed by atoms with Gasteiger partial charge in [0, 0.05) is 29.0 Å². The molecule has 0 aliphatic rings. The molecule has 9 heteroatoms. The van der Waals surface area contributed by atoms with Crippen LogP contribution in [0.2, 0.25) is 0 Å². The van der Waals surface area contributed by atoms with Crippen molar-refractivity contribution in [1.82, 2.24) is 14.8 Å². The first-order valence-corrected chi connectivity index (χ1v) is 11.7. The highest BCUT2D eigenvalue weighted by atomic mass is 32.2. The summed E-state index contributed by atoms with van der Waals surface area (Å²) in [4.78, 5) is 12.1. The highest BCUT2D eigenvalue weighted by Gasteiger charge is 2.16. The minimum Gasteiger partial charge on any atom is -0.508 e. The molecule has 0 aliphatic heterocycles. The van der Waals surface area contributed by atoms with E-state index in [1.165, 1.54) is 23.9 Å². The van der Waals surface area contributed by atoms with Crippen molar-refractivity contribution in [3.63, 3.8) is 0 Å². The van der Waals surface area contributed by atoms with Crippen LogP contribution in [0.5, 0.6) is 17.2 Å². The van der Waals surface area contributed by atoms with Gasteiger partial charge >= 0.3 is 5.63 Å². The van der Waals surface area contributed by atoms with Gasteiger partial charge < -0.3 is 19.0 Å². The fraction of sp³-hybridized carbons (Fsp3) is 0.115. The minimum absolute atomic E-state index is 0.0378. The van der Waals surface area contributed by atoms with Crippen LogP contribution in [0.25, 0.3) is 16.7 Å². The summed E-state index contributed by atoms with van der Waals surface area (Å²) in [7, 11) is 1.62. The van der Waals surface area contributed by atoms with Crippen LogP contribution in [0.1, 0.15) is 11.4 Å². The topological polar surface area (TPSA) is 99.6 Å². The molecule has 0 bridgehead atoms. The van der Waals surface area contributed by atoms with Crippen molar-refractivity contribution < 1.29 is 19.0 Å². The van der Waals surface area contributed by atoms with Crippen LogP contribution in [0, 0.1) is 0 Å². The van der Waals surface area contributed by atoms with E-state index in [-0.39, 0.29) is 12.4 Å². The lowest BCUT2D eigenvalue weighted by Crippen LogP contribution is -2.07. The molecule has 8 nitrogen and oxygen atoms in total. The Morgan fingerprint density at radius 3 is 2.51 bits per heavy atom. The molecule has 0 atom stereocenters. The number of methoxy groups -OCH3 is 1. The number of benzene rings is 3. The second-order valence-electron chi connectivity index (χ2n) is 7.59. The van der Waals surface area contributed by atoms with Crippen LogP contribution < -0.4 is 15.1 Å². The molecule has 35 heavy (non-hydrogen) atoms. The van der Waals surface area contributed by atoms with Crippen LogP contribution >= 0.6 is 11.8 Å². The zero-order valence-corrected chi connectivity index (χ0v) is 19.6. The van der Waals surface area contributed by atoms with Crippen LogP contribution in [-0.2, 0) is 12.4 Å². The molecule has 3 aromatic carbocycles. The smallest absolute Gasteiger partial charge is 0.336 e. The van der Waals surface area contributed by atoms with E-state index in [0.717, 1.165) is 22.4 Å². The third-order valence-corrected chi connectivity index (χ3v) is 6.29. The standard InChI is InChI=1S/C26H21N3O5S/c1-32-20-8-10-21(11-9-20)33-15-24-27-28-26(29(24)18-5-3-2-4-6-18)35-16-17-13-25(31)34-23-14-19(30)7-12-22(17)23/h2-14,30H,15-16H2,1H3. The van der Waals surface area contributed by atoms with Crippen molar-refractivity contribution in [2.75, 3.05) is 7.11 Å². The molecule has 5 rings (SSSR count). The van der Waals surface area contributed by atoms with E-state index >= 15 is 0 Å².